The van der Waals surface area contributed by atoms with E-state index in [1.165, 1.54) is 19.3 Å². The maximum Gasteiger partial charge on any atom is 0.171 e. The summed E-state index contributed by atoms with van der Waals surface area (Å²) in [5, 5.41) is 0. The molecule has 0 bridgehead atoms. The molecule has 2 nitrogen and oxygen atoms in total. The van der Waals surface area contributed by atoms with Crippen molar-refractivity contribution in [3.8, 4) is 0 Å². The van der Waals surface area contributed by atoms with Crippen molar-refractivity contribution in [1.82, 2.24) is 4.90 Å². The van der Waals surface area contributed by atoms with Crippen LogP contribution in [0.3, 0.4) is 0 Å². The second-order valence-electron chi connectivity index (χ2n) is 6.05. The average molecular weight is 293 g/mol. The first-order valence-corrected chi connectivity index (χ1v) is 8.21. The number of benzene rings is 2. The van der Waals surface area contributed by atoms with Gasteiger partial charge < -0.3 is 4.90 Å². The zero-order valence-electron chi connectivity index (χ0n) is 12.9. The number of hydrogen-bond donors (Lipinski definition) is 0. The molecule has 0 saturated carbocycles. The summed E-state index contributed by atoms with van der Waals surface area (Å²) in [5.74, 6) is 0.166. The molecule has 114 valence electrons. The monoisotopic (exact) mass is 293 g/mol. The van der Waals surface area contributed by atoms with Crippen LogP contribution < -0.4 is 0 Å². The average Bonchev–Trinajstić information content (AvgIpc) is 2.61. The SMILES string of the molecule is O=C(c1ccccc1)[C@@H](CN1CCCCC1)c1ccccc1. The predicted octanol–water partition coefficient (Wildman–Crippen LogP) is 4.14. The Kier molecular flexibility index (Phi) is 5.02. The molecule has 0 aromatic heterocycles. The number of ketones is 1. The van der Waals surface area contributed by atoms with Crippen LogP contribution in [0, 0.1) is 0 Å². The minimum Gasteiger partial charge on any atom is -0.302 e. The zero-order chi connectivity index (χ0) is 15.2. The fourth-order valence-electron chi connectivity index (χ4n) is 3.23. The first kappa shape index (κ1) is 15.0. The highest BCUT2D eigenvalue weighted by molar-refractivity contribution is 6.01. The second-order valence-corrected chi connectivity index (χ2v) is 6.05. The molecule has 0 amide bonds. The summed E-state index contributed by atoms with van der Waals surface area (Å²) >= 11 is 0. The molecule has 1 heterocycles. The predicted molar refractivity (Wildman–Crippen MR) is 90.2 cm³/mol. The smallest absolute Gasteiger partial charge is 0.171 e. The van der Waals surface area contributed by atoms with Crippen LogP contribution in [0.2, 0.25) is 0 Å². The number of likely N-dealkylation sites (tertiary alicyclic amines) is 1. The third-order valence-electron chi connectivity index (χ3n) is 4.47. The summed E-state index contributed by atoms with van der Waals surface area (Å²) < 4.78 is 0. The molecule has 1 aliphatic rings. The normalized spacial score (nSPS) is 17.1. The van der Waals surface area contributed by atoms with Gasteiger partial charge in [-0.25, -0.2) is 0 Å². The minimum absolute atomic E-state index is 0.0679. The van der Waals surface area contributed by atoms with E-state index in [1.807, 2.05) is 48.5 Å². The Hall–Kier alpha value is -1.93. The Morgan fingerprint density at radius 2 is 1.45 bits per heavy atom. The van der Waals surface area contributed by atoms with Crippen LogP contribution in [-0.2, 0) is 0 Å². The number of hydrogen-bond acceptors (Lipinski definition) is 2. The highest BCUT2D eigenvalue weighted by Gasteiger charge is 2.25. The van der Waals surface area contributed by atoms with Crippen molar-refractivity contribution in [2.45, 2.75) is 25.2 Å². The molecule has 0 radical (unpaired) electrons. The highest BCUT2D eigenvalue weighted by Crippen LogP contribution is 2.24. The van der Waals surface area contributed by atoms with Gasteiger partial charge in [-0.05, 0) is 31.5 Å². The summed E-state index contributed by atoms with van der Waals surface area (Å²) in [7, 11) is 0. The number of piperidine rings is 1. The maximum atomic E-state index is 13.0. The van der Waals surface area contributed by atoms with E-state index in [2.05, 4.69) is 17.0 Å². The maximum absolute atomic E-state index is 13.0. The van der Waals surface area contributed by atoms with Crippen molar-refractivity contribution in [1.29, 1.82) is 0 Å². The van der Waals surface area contributed by atoms with Crippen molar-refractivity contribution >= 4 is 5.78 Å². The van der Waals surface area contributed by atoms with Gasteiger partial charge in [-0.1, -0.05) is 67.1 Å². The minimum atomic E-state index is -0.0679. The Morgan fingerprint density at radius 3 is 2.09 bits per heavy atom. The first-order valence-electron chi connectivity index (χ1n) is 8.21. The number of rotatable bonds is 5. The lowest BCUT2D eigenvalue weighted by atomic mass is 9.89. The van der Waals surface area contributed by atoms with E-state index in [-0.39, 0.29) is 11.7 Å². The van der Waals surface area contributed by atoms with Gasteiger partial charge in [0.05, 0.1) is 5.92 Å². The van der Waals surface area contributed by atoms with Gasteiger partial charge in [0.1, 0.15) is 0 Å². The molecule has 0 unspecified atom stereocenters. The molecule has 2 heteroatoms. The number of nitrogens with zero attached hydrogens (tertiary/aromatic N) is 1. The van der Waals surface area contributed by atoms with Crippen molar-refractivity contribution in [2.24, 2.45) is 0 Å². The zero-order valence-corrected chi connectivity index (χ0v) is 12.9. The van der Waals surface area contributed by atoms with E-state index in [0.717, 1.165) is 30.8 Å². The van der Waals surface area contributed by atoms with Gasteiger partial charge >= 0.3 is 0 Å². The van der Waals surface area contributed by atoms with Gasteiger partial charge in [-0.3, -0.25) is 4.79 Å². The standard InChI is InChI=1S/C20H23NO/c22-20(18-12-6-2-7-13-18)19(17-10-4-1-5-11-17)16-21-14-8-3-9-15-21/h1-2,4-7,10-13,19H,3,8-9,14-16H2/t19-/m0/s1. The summed E-state index contributed by atoms with van der Waals surface area (Å²) in [6.45, 7) is 3.06. The number of Topliss-reactive ketones (excluding diaryl/α,β-unsaturated/α-hetero) is 1. The van der Waals surface area contributed by atoms with Crippen LogP contribution in [0.5, 0.6) is 0 Å². The Morgan fingerprint density at radius 1 is 0.864 bits per heavy atom. The number of carbonyl (C=O) groups is 1. The van der Waals surface area contributed by atoms with Gasteiger partial charge in [0, 0.05) is 12.1 Å². The molecule has 22 heavy (non-hydrogen) atoms. The van der Waals surface area contributed by atoms with Crippen LogP contribution in [0.4, 0.5) is 0 Å². The van der Waals surface area contributed by atoms with Gasteiger partial charge in [0.25, 0.3) is 0 Å². The fraction of sp³-hybridized carbons (Fsp3) is 0.350. The van der Waals surface area contributed by atoms with Crippen LogP contribution >= 0.6 is 0 Å². The van der Waals surface area contributed by atoms with E-state index in [4.69, 9.17) is 0 Å². The fourth-order valence-corrected chi connectivity index (χ4v) is 3.23. The number of carbonyl (C=O) groups excluding carboxylic acids is 1. The lowest BCUT2D eigenvalue weighted by Gasteiger charge is -2.30. The molecule has 1 saturated heterocycles. The molecule has 2 aromatic rings. The Bertz CT molecular complexity index is 588. The molecule has 1 aliphatic heterocycles. The molecule has 2 aromatic carbocycles. The van der Waals surface area contributed by atoms with Crippen molar-refractivity contribution in [2.75, 3.05) is 19.6 Å². The molecule has 0 aliphatic carbocycles. The quantitative estimate of drug-likeness (QED) is 0.772. The molecular weight excluding hydrogens is 270 g/mol. The first-order chi connectivity index (χ1) is 10.8. The largest absolute Gasteiger partial charge is 0.302 e. The second kappa shape index (κ2) is 7.37. The summed E-state index contributed by atoms with van der Waals surface area (Å²) in [6, 6.07) is 19.9. The Balaban J connectivity index is 1.84. The van der Waals surface area contributed by atoms with E-state index in [9.17, 15) is 4.79 Å². The van der Waals surface area contributed by atoms with Gasteiger partial charge in [-0.15, -0.1) is 0 Å². The third-order valence-corrected chi connectivity index (χ3v) is 4.47. The van der Waals surface area contributed by atoms with E-state index in [0.29, 0.717) is 0 Å². The van der Waals surface area contributed by atoms with Gasteiger partial charge in [0.2, 0.25) is 0 Å². The van der Waals surface area contributed by atoms with Gasteiger partial charge in [0.15, 0.2) is 5.78 Å². The van der Waals surface area contributed by atoms with Crippen LogP contribution in [0.25, 0.3) is 0 Å². The summed E-state index contributed by atoms with van der Waals surface area (Å²) in [6.07, 6.45) is 3.82. The summed E-state index contributed by atoms with van der Waals surface area (Å²) in [4.78, 5) is 15.4. The lowest BCUT2D eigenvalue weighted by Crippen LogP contribution is -2.35. The molecular formula is C20H23NO. The molecule has 1 atom stereocenters. The van der Waals surface area contributed by atoms with Crippen molar-refractivity contribution in [3.05, 3.63) is 71.8 Å². The van der Waals surface area contributed by atoms with Crippen LogP contribution in [0.15, 0.2) is 60.7 Å². The molecule has 1 fully saturated rings. The van der Waals surface area contributed by atoms with Crippen LogP contribution in [-0.4, -0.2) is 30.3 Å². The van der Waals surface area contributed by atoms with E-state index >= 15 is 0 Å². The van der Waals surface area contributed by atoms with Gasteiger partial charge in [-0.2, -0.15) is 0 Å². The molecule has 3 rings (SSSR count). The topological polar surface area (TPSA) is 20.3 Å². The lowest BCUT2D eigenvalue weighted by molar-refractivity contribution is 0.0925. The van der Waals surface area contributed by atoms with Crippen LogP contribution in [0.1, 0.15) is 41.1 Å². The molecule has 0 N–H and O–H groups in total. The van der Waals surface area contributed by atoms with E-state index < -0.39 is 0 Å². The van der Waals surface area contributed by atoms with Crippen molar-refractivity contribution < 1.29 is 4.79 Å². The third kappa shape index (κ3) is 3.63. The molecule has 0 spiro atoms. The van der Waals surface area contributed by atoms with Crippen molar-refractivity contribution in [3.63, 3.8) is 0 Å². The highest BCUT2D eigenvalue weighted by atomic mass is 16.1. The Labute approximate surface area is 132 Å². The summed E-state index contributed by atoms with van der Waals surface area (Å²) in [5.41, 5.74) is 1.94. The van der Waals surface area contributed by atoms with E-state index in [1.54, 1.807) is 0 Å².